The second kappa shape index (κ2) is 6.53. The summed E-state index contributed by atoms with van der Waals surface area (Å²) in [4.78, 5) is 14.1. The van der Waals surface area contributed by atoms with Crippen molar-refractivity contribution < 1.29 is 4.79 Å². The number of aryl methyl sites for hydroxylation is 1. The average Bonchev–Trinajstić information content (AvgIpc) is 2.93. The summed E-state index contributed by atoms with van der Waals surface area (Å²) in [5.41, 5.74) is 4.21. The molecule has 0 aliphatic heterocycles. The van der Waals surface area contributed by atoms with E-state index >= 15 is 0 Å². The Kier molecular flexibility index (Phi) is 4.76. The van der Waals surface area contributed by atoms with Crippen molar-refractivity contribution in [3.8, 4) is 0 Å². The van der Waals surface area contributed by atoms with E-state index in [0.29, 0.717) is 16.4 Å². The van der Waals surface area contributed by atoms with Crippen LogP contribution in [0.5, 0.6) is 0 Å². The number of hydrogen-bond acceptors (Lipinski definition) is 2. The van der Waals surface area contributed by atoms with Gasteiger partial charge in [0.2, 0.25) is 0 Å². The third-order valence-electron chi connectivity index (χ3n) is 5.07. The number of fused-ring (bicyclic) bond motifs is 1. The SMILES string of the molecule is Cc1ccc(Cl)cc1NC(=O)c1csc2c1CCC(C(C)(C)C)C2. The predicted octanol–water partition coefficient (Wildman–Crippen LogP) is 6.11. The lowest BCUT2D eigenvalue weighted by Gasteiger charge is -2.34. The van der Waals surface area contributed by atoms with Gasteiger partial charge in [0.25, 0.3) is 5.91 Å². The standard InChI is InChI=1S/C20H24ClNOS/c1-12-5-7-14(21)10-17(12)22-19(23)16-11-24-18-9-13(20(2,3)4)6-8-15(16)18/h5,7,10-11,13H,6,8-9H2,1-4H3,(H,22,23). The maximum Gasteiger partial charge on any atom is 0.256 e. The average molecular weight is 362 g/mol. The van der Waals surface area contributed by atoms with Crippen LogP contribution < -0.4 is 5.32 Å². The first-order chi connectivity index (χ1) is 11.3. The molecule has 2 aromatic rings. The fourth-order valence-corrected chi connectivity index (χ4v) is 4.69. The number of amides is 1. The van der Waals surface area contributed by atoms with Crippen molar-refractivity contribution in [1.82, 2.24) is 0 Å². The van der Waals surface area contributed by atoms with Gasteiger partial charge >= 0.3 is 0 Å². The number of benzene rings is 1. The van der Waals surface area contributed by atoms with Crippen molar-refractivity contribution in [2.24, 2.45) is 11.3 Å². The summed E-state index contributed by atoms with van der Waals surface area (Å²) >= 11 is 7.78. The van der Waals surface area contributed by atoms with E-state index in [4.69, 9.17) is 11.6 Å². The molecule has 0 saturated heterocycles. The van der Waals surface area contributed by atoms with Crippen LogP contribution in [0.3, 0.4) is 0 Å². The zero-order chi connectivity index (χ0) is 17.5. The zero-order valence-corrected chi connectivity index (χ0v) is 16.3. The van der Waals surface area contributed by atoms with Crippen molar-refractivity contribution >= 4 is 34.5 Å². The molecule has 128 valence electrons. The van der Waals surface area contributed by atoms with Crippen molar-refractivity contribution in [3.63, 3.8) is 0 Å². The molecule has 4 heteroatoms. The Morgan fingerprint density at radius 3 is 2.79 bits per heavy atom. The second-order valence-corrected chi connectivity index (χ2v) is 9.17. The van der Waals surface area contributed by atoms with Gasteiger partial charge in [-0.1, -0.05) is 38.4 Å². The number of rotatable bonds is 2. The Morgan fingerprint density at radius 1 is 1.33 bits per heavy atom. The van der Waals surface area contributed by atoms with Crippen LogP contribution >= 0.6 is 22.9 Å². The van der Waals surface area contributed by atoms with E-state index in [2.05, 4.69) is 26.1 Å². The van der Waals surface area contributed by atoms with Gasteiger partial charge in [-0.3, -0.25) is 4.79 Å². The van der Waals surface area contributed by atoms with Crippen LogP contribution in [0.1, 0.15) is 53.6 Å². The molecule has 0 spiro atoms. The van der Waals surface area contributed by atoms with Gasteiger partial charge < -0.3 is 5.32 Å². The first kappa shape index (κ1) is 17.5. The highest BCUT2D eigenvalue weighted by molar-refractivity contribution is 7.10. The molecule has 1 atom stereocenters. The van der Waals surface area contributed by atoms with Crippen LogP contribution in [-0.2, 0) is 12.8 Å². The summed E-state index contributed by atoms with van der Waals surface area (Å²) < 4.78 is 0. The number of hydrogen-bond donors (Lipinski definition) is 1. The van der Waals surface area contributed by atoms with Gasteiger partial charge in [-0.15, -0.1) is 11.3 Å². The fraction of sp³-hybridized carbons (Fsp3) is 0.450. The third kappa shape index (κ3) is 3.52. The minimum absolute atomic E-state index is 0.0212. The lowest BCUT2D eigenvalue weighted by molar-refractivity contribution is 0.102. The van der Waals surface area contributed by atoms with E-state index in [1.54, 1.807) is 11.3 Å². The van der Waals surface area contributed by atoms with Crippen LogP contribution in [0.25, 0.3) is 0 Å². The second-order valence-electron chi connectivity index (χ2n) is 7.77. The maximum atomic E-state index is 12.7. The maximum absolute atomic E-state index is 12.7. The molecule has 0 saturated carbocycles. The highest BCUT2D eigenvalue weighted by Gasteiger charge is 2.31. The Hall–Kier alpha value is -1.32. The summed E-state index contributed by atoms with van der Waals surface area (Å²) in [5, 5.41) is 5.68. The molecule has 3 rings (SSSR count). The number of nitrogens with one attached hydrogen (secondary N) is 1. The molecule has 1 amide bonds. The van der Waals surface area contributed by atoms with Gasteiger partial charge in [-0.2, -0.15) is 0 Å². The van der Waals surface area contributed by atoms with E-state index in [1.807, 2.05) is 30.5 Å². The first-order valence-corrected chi connectivity index (χ1v) is 9.68. The molecular formula is C20H24ClNOS. The number of anilines is 1. The Labute approximate surface area is 153 Å². The summed E-state index contributed by atoms with van der Waals surface area (Å²) in [6.45, 7) is 8.91. The highest BCUT2D eigenvalue weighted by atomic mass is 35.5. The molecule has 1 aromatic heterocycles. The molecule has 1 aliphatic carbocycles. The summed E-state index contributed by atoms with van der Waals surface area (Å²) in [6, 6.07) is 5.57. The quantitative estimate of drug-likeness (QED) is 0.686. The lowest BCUT2D eigenvalue weighted by atomic mass is 9.72. The van der Waals surface area contributed by atoms with E-state index in [1.165, 1.54) is 10.4 Å². The van der Waals surface area contributed by atoms with Gasteiger partial charge in [0.15, 0.2) is 0 Å². The molecule has 1 aromatic carbocycles. The molecule has 1 heterocycles. The Bertz CT molecular complexity index is 772. The highest BCUT2D eigenvalue weighted by Crippen LogP contribution is 2.40. The summed E-state index contributed by atoms with van der Waals surface area (Å²) in [7, 11) is 0. The van der Waals surface area contributed by atoms with E-state index in [9.17, 15) is 4.79 Å². The van der Waals surface area contributed by atoms with Crippen LogP contribution in [0.4, 0.5) is 5.69 Å². The van der Waals surface area contributed by atoms with Gasteiger partial charge in [0, 0.05) is 21.0 Å². The largest absolute Gasteiger partial charge is 0.322 e. The van der Waals surface area contributed by atoms with E-state index in [0.717, 1.165) is 36.1 Å². The molecule has 1 unspecified atom stereocenters. The van der Waals surface area contributed by atoms with Gasteiger partial charge in [-0.25, -0.2) is 0 Å². The van der Waals surface area contributed by atoms with Crippen LogP contribution in [-0.4, -0.2) is 5.91 Å². The monoisotopic (exact) mass is 361 g/mol. The van der Waals surface area contributed by atoms with Crippen molar-refractivity contribution in [3.05, 3.63) is 50.2 Å². The molecule has 0 radical (unpaired) electrons. The van der Waals surface area contributed by atoms with Crippen LogP contribution in [0, 0.1) is 18.3 Å². The predicted molar refractivity (Wildman–Crippen MR) is 103 cm³/mol. The normalized spacial score (nSPS) is 17.5. The fourth-order valence-electron chi connectivity index (χ4n) is 3.36. The molecule has 2 nitrogen and oxygen atoms in total. The number of thiophene rings is 1. The van der Waals surface area contributed by atoms with Gasteiger partial charge in [0.05, 0.1) is 5.56 Å². The summed E-state index contributed by atoms with van der Waals surface area (Å²) in [5.74, 6) is 0.668. The molecule has 24 heavy (non-hydrogen) atoms. The topological polar surface area (TPSA) is 29.1 Å². The summed E-state index contributed by atoms with van der Waals surface area (Å²) in [6.07, 6.45) is 3.24. The number of carbonyl (C=O) groups excluding carboxylic acids is 1. The lowest BCUT2D eigenvalue weighted by Crippen LogP contribution is -2.27. The molecule has 0 fully saturated rings. The zero-order valence-electron chi connectivity index (χ0n) is 14.7. The minimum Gasteiger partial charge on any atom is -0.322 e. The molecule has 1 N–H and O–H groups in total. The van der Waals surface area contributed by atoms with Gasteiger partial charge in [0.1, 0.15) is 0 Å². The first-order valence-electron chi connectivity index (χ1n) is 8.42. The molecular weight excluding hydrogens is 338 g/mol. The molecule has 1 aliphatic rings. The smallest absolute Gasteiger partial charge is 0.256 e. The van der Waals surface area contributed by atoms with Crippen molar-refractivity contribution in [2.75, 3.05) is 5.32 Å². The van der Waals surface area contributed by atoms with Crippen molar-refractivity contribution in [2.45, 2.75) is 47.0 Å². The third-order valence-corrected chi connectivity index (χ3v) is 6.36. The minimum atomic E-state index is -0.0212. The number of halogens is 1. The van der Waals surface area contributed by atoms with Crippen LogP contribution in [0.2, 0.25) is 5.02 Å². The van der Waals surface area contributed by atoms with Gasteiger partial charge in [-0.05, 0) is 60.8 Å². The molecule has 0 bridgehead atoms. The van der Waals surface area contributed by atoms with E-state index < -0.39 is 0 Å². The Balaban J connectivity index is 1.81. The van der Waals surface area contributed by atoms with Crippen LogP contribution in [0.15, 0.2) is 23.6 Å². The Morgan fingerprint density at radius 2 is 2.08 bits per heavy atom. The van der Waals surface area contributed by atoms with E-state index in [-0.39, 0.29) is 5.91 Å². The number of carbonyl (C=O) groups is 1. The van der Waals surface area contributed by atoms with Crippen molar-refractivity contribution in [1.29, 1.82) is 0 Å².